The van der Waals surface area contributed by atoms with E-state index in [1.165, 1.54) is 0 Å². The monoisotopic (exact) mass is 340 g/mol. The quantitative estimate of drug-likeness (QED) is 0.560. The second kappa shape index (κ2) is 7.41. The summed E-state index contributed by atoms with van der Waals surface area (Å²) in [4.78, 5) is 0. The van der Waals surface area contributed by atoms with Gasteiger partial charge < -0.3 is 9.47 Å². The largest absolute Gasteiger partial charge is 0.490 e. The van der Waals surface area contributed by atoms with Crippen molar-refractivity contribution in [3.05, 3.63) is 59.1 Å². The van der Waals surface area contributed by atoms with Gasteiger partial charge in [0.15, 0.2) is 0 Å². The summed E-state index contributed by atoms with van der Waals surface area (Å²) in [5.74, 6) is 1.68. The maximum Gasteiger partial charge on any atom is 0.123 e. The van der Waals surface area contributed by atoms with Gasteiger partial charge in [0.1, 0.15) is 24.7 Å². The molecule has 0 saturated carbocycles. The van der Waals surface area contributed by atoms with Crippen LogP contribution in [0.25, 0.3) is 0 Å². The standard InChI is InChI=1S/C15H14BrClO2/c16-11-12-10-13(17)6-7-15(12)19-9-8-18-14-4-2-1-3-5-14/h1-7,10H,8-9,11H2. The average molecular weight is 342 g/mol. The average Bonchev–Trinajstić information content (AvgIpc) is 2.46. The summed E-state index contributed by atoms with van der Waals surface area (Å²) in [6.45, 7) is 1.00. The minimum Gasteiger partial charge on any atom is -0.490 e. The first-order chi connectivity index (χ1) is 9.29. The number of hydrogen-bond acceptors (Lipinski definition) is 2. The lowest BCUT2D eigenvalue weighted by Gasteiger charge is -2.11. The number of halogens is 2. The van der Waals surface area contributed by atoms with Crippen molar-refractivity contribution in [2.45, 2.75) is 5.33 Å². The predicted molar refractivity (Wildman–Crippen MR) is 81.5 cm³/mol. The molecule has 2 aromatic carbocycles. The fraction of sp³-hybridized carbons (Fsp3) is 0.200. The summed E-state index contributed by atoms with van der Waals surface area (Å²) >= 11 is 9.35. The predicted octanol–water partition coefficient (Wildman–Crippen LogP) is 4.69. The van der Waals surface area contributed by atoms with Crippen molar-refractivity contribution in [2.24, 2.45) is 0 Å². The maximum atomic E-state index is 5.94. The first-order valence-corrected chi connectivity index (χ1v) is 7.44. The van der Waals surface area contributed by atoms with Crippen LogP contribution >= 0.6 is 27.5 Å². The van der Waals surface area contributed by atoms with Gasteiger partial charge in [0.25, 0.3) is 0 Å². The van der Waals surface area contributed by atoms with Crippen LogP contribution in [0.1, 0.15) is 5.56 Å². The van der Waals surface area contributed by atoms with E-state index >= 15 is 0 Å². The molecule has 0 aliphatic heterocycles. The molecule has 0 aliphatic rings. The van der Waals surface area contributed by atoms with Crippen LogP contribution < -0.4 is 9.47 Å². The lowest BCUT2D eigenvalue weighted by atomic mass is 10.2. The van der Waals surface area contributed by atoms with Gasteiger partial charge in [-0.2, -0.15) is 0 Å². The Morgan fingerprint density at radius 2 is 1.68 bits per heavy atom. The molecule has 0 N–H and O–H groups in total. The van der Waals surface area contributed by atoms with Crippen LogP contribution in [0.4, 0.5) is 0 Å². The van der Waals surface area contributed by atoms with E-state index in [0.29, 0.717) is 23.6 Å². The van der Waals surface area contributed by atoms with Crippen molar-refractivity contribution >= 4 is 27.5 Å². The Bertz CT molecular complexity index is 517. The van der Waals surface area contributed by atoms with Crippen LogP contribution in [0.2, 0.25) is 5.02 Å². The zero-order chi connectivity index (χ0) is 13.5. The highest BCUT2D eigenvalue weighted by Gasteiger charge is 2.03. The summed E-state index contributed by atoms with van der Waals surface area (Å²) in [7, 11) is 0. The molecule has 0 heterocycles. The normalized spacial score (nSPS) is 10.2. The third kappa shape index (κ3) is 4.44. The molecule has 0 unspecified atom stereocenters. The van der Waals surface area contributed by atoms with Crippen molar-refractivity contribution in [3.8, 4) is 11.5 Å². The summed E-state index contributed by atoms with van der Waals surface area (Å²) < 4.78 is 11.3. The molecular weight excluding hydrogens is 328 g/mol. The van der Waals surface area contributed by atoms with E-state index in [1.54, 1.807) is 0 Å². The molecular formula is C15H14BrClO2. The molecule has 0 spiro atoms. The Hall–Kier alpha value is -1.19. The zero-order valence-electron chi connectivity index (χ0n) is 10.3. The van der Waals surface area contributed by atoms with Crippen LogP contribution in [0.15, 0.2) is 48.5 Å². The topological polar surface area (TPSA) is 18.5 Å². The zero-order valence-corrected chi connectivity index (χ0v) is 12.7. The minimum atomic E-state index is 0.497. The van der Waals surface area contributed by atoms with Crippen LogP contribution in [-0.4, -0.2) is 13.2 Å². The van der Waals surface area contributed by atoms with Gasteiger partial charge in [0.05, 0.1) is 0 Å². The fourth-order valence-corrected chi connectivity index (χ4v) is 2.25. The molecule has 0 saturated heterocycles. The lowest BCUT2D eigenvalue weighted by molar-refractivity contribution is 0.216. The van der Waals surface area contributed by atoms with Crippen molar-refractivity contribution in [3.63, 3.8) is 0 Å². The number of para-hydroxylation sites is 1. The second-order valence-corrected chi connectivity index (χ2v) is 4.89. The Labute approximate surface area is 126 Å². The van der Waals surface area contributed by atoms with Gasteiger partial charge in [-0.3, -0.25) is 0 Å². The van der Waals surface area contributed by atoms with Crippen molar-refractivity contribution in [2.75, 3.05) is 13.2 Å². The van der Waals surface area contributed by atoms with Gasteiger partial charge in [-0.25, -0.2) is 0 Å². The third-order valence-electron chi connectivity index (χ3n) is 2.52. The lowest BCUT2D eigenvalue weighted by Crippen LogP contribution is -2.09. The highest BCUT2D eigenvalue weighted by Crippen LogP contribution is 2.24. The van der Waals surface area contributed by atoms with E-state index in [0.717, 1.165) is 17.1 Å². The summed E-state index contributed by atoms with van der Waals surface area (Å²) in [6.07, 6.45) is 0. The number of rotatable bonds is 6. The van der Waals surface area contributed by atoms with E-state index in [9.17, 15) is 0 Å². The van der Waals surface area contributed by atoms with Crippen LogP contribution in [-0.2, 0) is 5.33 Å². The molecule has 0 aliphatic carbocycles. The van der Waals surface area contributed by atoms with Gasteiger partial charge in [0.2, 0.25) is 0 Å². The molecule has 0 fully saturated rings. The maximum absolute atomic E-state index is 5.94. The number of ether oxygens (including phenoxy) is 2. The fourth-order valence-electron chi connectivity index (χ4n) is 1.62. The Morgan fingerprint density at radius 3 is 2.42 bits per heavy atom. The van der Waals surface area contributed by atoms with Crippen LogP contribution in [0.5, 0.6) is 11.5 Å². The van der Waals surface area contributed by atoms with E-state index < -0.39 is 0 Å². The summed E-state index contributed by atoms with van der Waals surface area (Å²) in [6, 6.07) is 15.3. The highest BCUT2D eigenvalue weighted by atomic mass is 79.9. The highest BCUT2D eigenvalue weighted by molar-refractivity contribution is 9.08. The number of hydrogen-bond donors (Lipinski definition) is 0. The van der Waals surface area contributed by atoms with Gasteiger partial charge in [-0.15, -0.1) is 0 Å². The van der Waals surface area contributed by atoms with Gasteiger partial charge in [-0.1, -0.05) is 45.7 Å². The molecule has 2 rings (SSSR count). The molecule has 4 heteroatoms. The SMILES string of the molecule is Clc1ccc(OCCOc2ccccc2)c(CBr)c1. The summed E-state index contributed by atoms with van der Waals surface area (Å²) in [5, 5.41) is 1.42. The molecule has 2 nitrogen and oxygen atoms in total. The van der Waals surface area contributed by atoms with E-state index in [2.05, 4.69) is 15.9 Å². The third-order valence-corrected chi connectivity index (χ3v) is 3.36. The Morgan fingerprint density at radius 1 is 0.947 bits per heavy atom. The first-order valence-electron chi connectivity index (χ1n) is 5.94. The van der Waals surface area contributed by atoms with E-state index in [1.807, 2.05) is 48.5 Å². The number of alkyl halides is 1. The molecule has 0 amide bonds. The van der Waals surface area contributed by atoms with E-state index in [-0.39, 0.29) is 0 Å². The molecule has 100 valence electrons. The van der Waals surface area contributed by atoms with Gasteiger partial charge in [0, 0.05) is 15.9 Å². The molecule has 0 bridgehead atoms. The Balaban J connectivity index is 1.83. The Kier molecular flexibility index (Phi) is 5.55. The molecule has 0 radical (unpaired) electrons. The molecule has 19 heavy (non-hydrogen) atoms. The molecule has 0 aromatic heterocycles. The number of benzene rings is 2. The first kappa shape index (κ1) is 14.2. The molecule has 0 atom stereocenters. The molecule has 2 aromatic rings. The second-order valence-electron chi connectivity index (χ2n) is 3.90. The summed E-state index contributed by atoms with van der Waals surface area (Å²) in [5.41, 5.74) is 1.03. The van der Waals surface area contributed by atoms with E-state index in [4.69, 9.17) is 21.1 Å². The van der Waals surface area contributed by atoms with Gasteiger partial charge >= 0.3 is 0 Å². The van der Waals surface area contributed by atoms with Crippen molar-refractivity contribution in [1.29, 1.82) is 0 Å². The van der Waals surface area contributed by atoms with Crippen molar-refractivity contribution in [1.82, 2.24) is 0 Å². The van der Waals surface area contributed by atoms with Gasteiger partial charge in [-0.05, 0) is 30.3 Å². The minimum absolute atomic E-state index is 0.497. The van der Waals surface area contributed by atoms with Crippen molar-refractivity contribution < 1.29 is 9.47 Å². The van der Waals surface area contributed by atoms with Crippen LogP contribution in [0, 0.1) is 0 Å². The van der Waals surface area contributed by atoms with Crippen LogP contribution in [0.3, 0.4) is 0 Å². The smallest absolute Gasteiger partial charge is 0.123 e.